The maximum absolute atomic E-state index is 12.2. The van der Waals surface area contributed by atoms with E-state index in [2.05, 4.69) is 16.0 Å². The van der Waals surface area contributed by atoms with Gasteiger partial charge in [0.25, 0.3) is 5.91 Å². The van der Waals surface area contributed by atoms with Crippen LogP contribution in [0.1, 0.15) is 29.3 Å². The molecular weight excluding hydrogens is 316 g/mol. The predicted octanol–water partition coefficient (Wildman–Crippen LogP) is 3.04. The molecule has 0 aliphatic heterocycles. The Morgan fingerprint density at radius 1 is 1.12 bits per heavy atom. The molecule has 25 heavy (non-hydrogen) atoms. The smallest absolute Gasteiger partial charge is 0.319 e. The van der Waals surface area contributed by atoms with Gasteiger partial charge >= 0.3 is 6.03 Å². The van der Waals surface area contributed by atoms with E-state index in [4.69, 9.17) is 5.26 Å². The van der Waals surface area contributed by atoms with Crippen molar-refractivity contribution in [3.63, 3.8) is 0 Å². The molecule has 3 N–H and O–H groups in total. The number of urea groups is 1. The fraction of sp³-hybridized carbons (Fsp3) is 0.211. The maximum atomic E-state index is 12.2. The van der Waals surface area contributed by atoms with Gasteiger partial charge in [0.05, 0.1) is 12.5 Å². The lowest BCUT2D eigenvalue weighted by molar-refractivity contribution is 0.0951. The lowest BCUT2D eigenvalue weighted by atomic mass is 10.1. The zero-order valence-electron chi connectivity index (χ0n) is 14.0. The highest BCUT2D eigenvalue weighted by Gasteiger charge is 2.09. The summed E-state index contributed by atoms with van der Waals surface area (Å²) < 4.78 is 0. The minimum absolute atomic E-state index is 0.217. The number of carbonyl (C=O) groups excluding carboxylic acids is 2. The highest BCUT2D eigenvalue weighted by molar-refractivity contribution is 5.96. The molecule has 3 amide bonds. The SMILES string of the molecule is C[C@@H](CC#N)NC(=O)Nc1cccc(C(=O)NCc2ccccc2)c1. The summed E-state index contributed by atoms with van der Waals surface area (Å²) in [4.78, 5) is 24.1. The number of rotatable bonds is 6. The van der Waals surface area contributed by atoms with Crippen LogP contribution in [0.15, 0.2) is 54.6 Å². The lowest BCUT2D eigenvalue weighted by Crippen LogP contribution is -2.35. The van der Waals surface area contributed by atoms with Crippen LogP contribution in [-0.4, -0.2) is 18.0 Å². The normalized spacial score (nSPS) is 11.0. The van der Waals surface area contributed by atoms with Gasteiger partial charge in [-0.1, -0.05) is 36.4 Å². The number of benzene rings is 2. The highest BCUT2D eigenvalue weighted by Crippen LogP contribution is 2.11. The largest absolute Gasteiger partial charge is 0.348 e. The number of nitrogens with one attached hydrogen (secondary N) is 3. The molecule has 6 heteroatoms. The van der Waals surface area contributed by atoms with Crippen molar-refractivity contribution in [2.45, 2.75) is 25.9 Å². The summed E-state index contributed by atoms with van der Waals surface area (Å²) in [6, 6.07) is 17.6. The van der Waals surface area contributed by atoms with Gasteiger partial charge in [-0.05, 0) is 30.7 Å². The minimum Gasteiger partial charge on any atom is -0.348 e. The van der Waals surface area contributed by atoms with E-state index >= 15 is 0 Å². The quantitative estimate of drug-likeness (QED) is 0.757. The zero-order chi connectivity index (χ0) is 18.1. The molecule has 0 saturated carbocycles. The monoisotopic (exact) mass is 336 g/mol. The number of anilines is 1. The first-order valence-electron chi connectivity index (χ1n) is 7.95. The molecule has 0 heterocycles. The molecule has 2 aromatic rings. The maximum Gasteiger partial charge on any atom is 0.319 e. The van der Waals surface area contributed by atoms with Crippen LogP contribution in [0.25, 0.3) is 0 Å². The first kappa shape index (κ1) is 18.0. The van der Waals surface area contributed by atoms with Crippen LogP contribution in [0.3, 0.4) is 0 Å². The van der Waals surface area contributed by atoms with Gasteiger partial charge in [-0.15, -0.1) is 0 Å². The number of hydrogen-bond donors (Lipinski definition) is 3. The molecule has 0 aliphatic carbocycles. The summed E-state index contributed by atoms with van der Waals surface area (Å²) in [5, 5.41) is 16.8. The second-order valence-corrected chi connectivity index (χ2v) is 5.61. The van der Waals surface area contributed by atoms with Gasteiger partial charge in [-0.25, -0.2) is 4.79 Å². The van der Waals surface area contributed by atoms with Crippen molar-refractivity contribution < 1.29 is 9.59 Å². The average Bonchev–Trinajstić information content (AvgIpc) is 2.60. The Hall–Kier alpha value is -3.33. The van der Waals surface area contributed by atoms with Crippen molar-refractivity contribution in [1.29, 1.82) is 5.26 Å². The standard InChI is InChI=1S/C19H20N4O2/c1-14(10-11-20)22-19(25)23-17-9-5-8-16(12-17)18(24)21-13-15-6-3-2-4-7-15/h2-9,12,14H,10,13H2,1H3,(H,21,24)(H2,22,23,25)/t14-/m0/s1. The Labute approximate surface area is 146 Å². The topological polar surface area (TPSA) is 94.0 Å². The number of nitriles is 1. The van der Waals surface area contributed by atoms with Crippen LogP contribution in [0, 0.1) is 11.3 Å². The van der Waals surface area contributed by atoms with Crippen LogP contribution >= 0.6 is 0 Å². The van der Waals surface area contributed by atoms with E-state index < -0.39 is 6.03 Å². The van der Waals surface area contributed by atoms with Gasteiger partial charge in [-0.2, -0.15) is 5.26 Å². The van der Waals surface area contributed by atoms with Crippen LogP contribution in [0.5, 0.6) is 0 Å². The van der Waals surface area contributed by atoms with Gasteiger partial charge in [-0.3, -0.25) is 4.79 Å². The molecule has 0 aromatic heterocycles. The van der Waals surface area contributed by atoms with Gasteiger partial charge in [0.1, 0.15) is 0 Å². The fourth-order valence-electron chi connectivity index (χ4n) is 2.20. The predicted molar refractivity (Wildman–Crippen MR) is 95.9 cm³/mol. The molecule has 0 saturated heterocycles. The van der Waals surface area contributed by atoms with Crippen molar-refractivity contribution in [3.8, 4) is 6.07 Å². The third kappa shape index (κ3) is 5.99. The third-order valence-corrected chi connectivity index (χ3v) is 3.45. The second kappa shape index (κ2) is 9.08. The molecule has 0 bridgehead atoms. The van der Waals surface area contributed by atoms with Crippen molar-refractivity contribution in [2.75, 3.05) is 5.32 Å². The Morgan fingerprint density at radius 2 is 1.88 bits per heavy atom. The summed E-state index contributed by atoms with van der Waals surface area (Å²) in [6.45, 7) is 2.18. The van der Waals surface area contributed by atoms with E-state index in [1.807, 2.05) is 36.4 Å². The molecular formula is C19H20N4O2. The fourth-order valence-corrected chi connectivity index (χ4v) is 2.20. The van der Waals surface area contributed by atoms with E-state index in [9.17, 15) is 9.59 Å². The van der Waals surface area contributed by atoms with E-state index in [0.717, 1.165) is 5.56 Å². The molecule has 6 nitrogen and oxygen atoms in total. The molecule has 2 aromatic carbocycles. The number of hydrogen-bond acceptors (Lipinski definition) is 3. The molecule has 2 rings (SSSR count). The van der Waals surface area contributed by atoms with E-state index in [0.29, 0.717) is 17.8 Å². The number of amides is 3. The van der Waals surface area contributed by atoms with Crippen molar-refractivity contribution in [2.24, 2.45) is 0 Å². The van der Waals surface area contributed by atoms with Crippen molar-refractivity contribution in [1.82, 2.24) is 10.6 Å². The van der Waals surface area contributed by atoms with Crippen molar-refractivity contribution in [3.05, 3.63) is 65.7 Å². The highest BCUT2D eigenvalue weighted by atomic mass is 16.2. The van der Waals surface area contributed by atoms with Crippen LogP contribution < -0.4 is 16.0 Å². The molecule has 0 aliphatic rings. The van der Waals surface area contributed by atoms with Crippen LogP contribution in [0.2, 0.25) is 0 Å². The summed E-state index contributed by atoms with van der Waals surface area (Å²) >= 11 is 0. The molecule has 0 spiro atoms. The summed E-state index contributed by atoms with van der Waals surface area (Å²) in [6.07, 6.45) is 0.231. The van der Waals surface area contributed by atoms with E-state index in [-0.39, 0.29) is 18.4 Å². The summed E-state index contributed by atoms with van der Waals surface area (Å²) in [7, 11) is 0. The van der Waals surface area contributed by atoms with Crippen LogP contribution in [0.4, 0.5) is 10.5 Å². The Balaban J connectivity index is 1.92. The van der Waals surface area contributed by atoms with Gasteiger partial charge in [0.15, 0.2) is 0 Å². The zero-order valence-corrected chi connectivity index (χ0v) is 14.0. The van der Waals surface area contributed by atoms with E-state index in [1.54, 1.807) is 31.2 Å². The summed E-state index contributed by atoms with van der Waals surface area (Å²) in [5.74, 6) is -0.217. The third-order valence-electron chi connectivity index (χ3n) is 3.45. The Kier molecular flexibility index (Phi) is 6.55. The molecule has 0 unspecified atom stereocenters. The lowest BCUT2D eigenvalue weighted by Gasteiger charge is -2.12. The Morgan fingerprint density at radius 3 is 2.60 bits per heavy atom. The molecule has 128 valence electrons. The summed E-state index contributed by atoms with van der Waals surface area (Å²) in [5.41, 5.74) is 1.98. The molecule has 0 fully saturated rings. The van der Waals surface area contributed by atoms with Crippen LogP contribution in [-0.2, 0) is 6.54 Å². The van der Waals surface area contributed by atoms with Gasteiger partial charge in [0.2, 0.25) is 0 Å². The second-order valence-electron chi connectivity index (χ2n) is 5.61. The Bertz CT molecular complexity index is 768. The van der Waals surface area contributed by atoms with Crippen molar-refractivity contribution >= 4 is 17.6 Å². The molecule has 0 radical (unpaired) electrons. The number of nitrogens with zero attached hydrogens (tertiary/aromatic N) is 1. The first-order chi connectivity index (χ1) is 12.1. The minimum atomic E-state index is -0.412. The molecule has 1 atom stereocenters. The van der Waals surface area contributed by atoms with Gasteiger partial charge in [0, 0.05) is 23.8 Å². The van der Waals surface area contributed by atoms with E-state index in [1.165, 1.54) is 0 Å². The average molecular weight is 336 g/mol. The first-order valence-corrected chi connectivity index (χ1v) is 7.95. The van der Waals surface area contributed by atoms with Gasteiger partial charge < -0.3 is 16.0 Å². The number of carbonyl (C=O) groups is 2.